The normalized spacial score (nSPS) is 17.6. The third kappa shape index (κ3) is 3.32. The van der Waals surface area contributed by atoms with E-state index in [0.29, 0.717) is 0 Å². The van der Waals surface area contributed by atoms with Crippen molar-refractivity contribution in [2.75, 3.05) is 19.8 Å². The minimum absolute atomic E-state index is 0.282. The topological polar surface area (TPSA) is 39.1 Å². The highest BCUT2D eigenvalue weighted by Gasteiger charge is 2.20. The maximum absolute atomic E-state index is 5.57. The number of imidazole rings is 1. The minimum atomic E-state index is 0.282. The molecule has 0 aliphatic heterocycles. The van der Waals surface area contributed by atoms with E-state index in [0.717, 1.165) is 31.5 Å². The molecule has 1 aromatic heterocycles. The molecule has 0 bridgehead atoms. The van der Waals surface area contributed by atoms with Gasteiger partial charge in [0.15, 0.2) is 0 Å². The third-order valence-electron chi connectivity index (χ3n) is 2.99. The monoisotopic (exact) mass is 223 g/mol. The van der Waals surface area contributed by atoms with Crippen LogP contribution in [0.5, 0.6) is 0 Å². The van der Waals surface area contributed by atoms with E-state index in [-0.39, 0.29) is 6.04 Å². The van der Waals surface area contributed by atoms with Crippen molar-refractivity contribution in [1.29, 1.82) is 0 Å². The first kappa shape index (κ1) is 11.6. The standard InChI is InChI=1S/C12H21N3O/c1-10(12-14-5-7-15(12)2)13-6-8-16-9-11-3-4-11/h5,7,10-11,13H,3-4,6,8-9H2,1-2H3. The summed E-state index contributed by atoms with van der Waals surface area (Å²) < 4.78 is 7.61. The first-order valence-electron chi connectivity index (χ1n) is 6.05. The van der Waals surface area contributed by atoms with E-state index < -0.39 is 0 Å². The fraction of sp³-hybridized carbons (Fsp3) is 0.750. The fourth-order valence-corrected chi connectivity index (χ4v) is 1.77. The molecule has 1 aliphatic rings. The van der Waals surface area contributed by atoms with Crippen molar-refractivity contribution in [3.8, 4) is 0 Å². The first-order valence-corrected chi connectivity index (χ1v) is 6.05. The van der Waals surface area contributed by atoms with E-state index >= 15 is 0 Å². The molecule has 1 aromatic rings. The Morgan fingerprint density at radius 2 is 2.44 bits per heavy atom. The van der Waals surface area contributed by atoms with Gasteiger partial charge in [0.2, 0.25) is 0 Å². The van der Waals surface area contributed by atoms with Gasteiger partial charge in [-0.15, -0.1) is 0 Å². The van der Waals surface area contributed by atoms with Crippen LogP contribution in [0.1, 0.15) is 31.6 Å². The molecule has 0 radical (unpaired) electrons. The molecule has 1 N–H and O–H groups in total. The second-order valence-corrected chi connectivity index (χ2v) is 4.59. The van der Waals surface area contributed by atoms with E-state index in [1.807, 2.05) is 24.0 Å². The molecule has 1 atom stereocenters. The Bertz CT molecular complexity index is 320. The smallest absolute Gasteiger partial charge is 0.125 e. The molecule has 90 valence electrons. The van der Waals surface area contributed by atoms with Gasteiger partial charge in [-0.2, -0.15) is 0 Å². The number of nitrogens with zero attached hydrogens (tertiary/aromatic N) is 2. The molecular weight excluding hydrogens is 202 g/mol. The second kappa shape index (κ2) is 5.46. The van der Waals surface area contributed by atoms with Crippen LogP contribution in [-0.4, -0.2) is 29.3 Å². The predicted molar refractivity (Wildman–Crippen MR) is 63.2 cm³/mol. The van der Waals surface area contributed by atoms with Crippen LogP contribution in [0, 0.1) is 5.92 Å². The van der Waals surface area contributed by atoms with Crippen molar-refractivity contribution in [3.63, 3.8) is 0 Å². The van der Waals surface area contributed by atoms with Crippen molar-refractivity contribution in [2.45, 2.75) is 25.8 Å². The molecule has 0 amide bonds. The molecule has 1 saturated carbocycles. The van der Waals surface area contributed by atoms with Crippen LogP contribution in [-0.2, 0) is 11.8 Å². The van der Waals surface area contributed by atoms with Crippen molar-refractivity contribution < 1.29 is 4.74 Å². The van der Waals surface area contributed by atoms with Gasteiger partial charge in [0.1, 0.15) is 5.82 Å². The van der Waals surface area contributed by atoms with Crippen LogP contribution in [0.25, 0.3) is 0 Å². The van der Waals surface area contributed by atoms with E-state index in [4.69, 9.17) is 4.74 Å². The number of aryl methyl sites for hydroxylation is 1. The number of aromatic nitrogens is 2. The predicted octanol–water partition coefficient (Wildman–Crippen LogP) is 1.50. The molecule has 16 heavy (non-hydrogen) atoms. The third-order valence-corrected chi connectivity index (χ3v) is 2.99. The van der Waals surface area contributed by atoms with Gasteiger partial charge in [0.25, 0.3) is 0 Å². The van der Waals surface area contributed by atoms with E-state index in [9.17, 15) is 0 Å². The summed E-state index contributed by atoms with van der Waals surface area (Å²) in [7, 11) is 2.02. The zero-order valence-electron chi connectivity index (χ0n) is 10.1. The zero-order chi connectivity index (χ0) is 11.4. The van der Waals surface area contributed by atoms with E-state index in [2.05, 4.69) is 17.2 Å². The lowest BCUT2D eigenvalue weighted by Gasteiger charge is -2.13. The summed E-state index contributed by atoms with van der Waals surface area (Å²) in [5.74, 6) is 1.93. The molecule has 1 heterocycles. The molecule has 0 spiro atoms. The Morgan fingerprint density at radius 3 is 3.06 bits per heavy atom. The molecular formula is C12H21N3O. The van der Waals surface area contributed by atoms with Gasteiger partial charge < -0.3 is 14.6 Å². The van der Waals surface area contributed by atoms with Gasteiger partial charge in [-0.1, -0.05) is 0 Å². The zero-order valence-corrected chi connectivity index (χ0v) is 10.1. The Hall–Kier alpha value is -0.870. The molecule has 4 heteroatoms. The molecule has 0 saturated heterocycles. The number of hydrogen-bond donors (Lipinski definition) is 1. The molecule has 4 nitrogen and oxygen atoms in total. The summed E-state index contributed by atoms with van der Waals surface area (Å²) in [4.78, 5) is 4.31. The molecule has 2 rings (SSSR count). The molecule has 0 aromatic carbocycles. The summed E-state index contributed by atoms with van der Waals surface area (Å²) in [6.45, 7) is 4.76. The van der Waals surface area contributed by atoms with Crippen molar-refractivity contribution in [3.05, 3.63) is 18.2 Å². The van der Waals surface area contributed by atoms with Crippen molar-refractivity contribution in [1.82, 2.24) is 14.9 Å². The van der Waals surface area contributed by atoms with Crippen LogP contribution in [0.3, 0.4) is 0 Å². The van der Waals surface area contributed by atoms with Crippen LogP contribution in [0.2, 0.25) is 0 Å². The van der Waals surface area contributed by atoms with Gasteiger partial charge in [-0.25, -0.2) is 4.98 Å². The van der Waals surface area contributed by atoms with E-state index in [1.54, 1.807) is 0 Å². The maximum atomic E-state index is 5.57. The maximum Gasteiger partial charge on any atom is 0.125 e. The highest BCUT2D eigenvalue weighted by molar-refractivity contribution is 4.96. The first-order chi connectivity index (χ1) is 7.77. The van der Waals surface area contributed by atoms with Crippen LogP contribution < -0.4 is 5.32 Å². The quantitative estimate of drug-likeness (QED) is 0.712. The van der Waals surface area contributed by atoms with E-state index in [1.165, 1.54) is 12.8 Å². The number of rotatable bonds is 7. The van der Waals surface area contributed by atoms with Crippen LogP contribution in [0.15, 0.2) is 12.4 Å². The van der Waals surface area contributed by atoms with Crippen LogP contribution in [0.4, 0.5) is 0 Å². The molecule has 1 fully saturated rings. The summed E-state index contributed by atoms with van der Waals surface area (Å²) in [5, 5.41) is 3.41. The van der Waals surface area contributed by atoms with Gasteiger partial charge in [0, 0.05) is 32.6 Å². The molecule has 1 unspecified atom stereocenters. The lowest BCUT2D eigenvalue weighted by Crippen LogP contribution is -2.25. The fourth-order valence-electron chi connectivity index (χ4n) is 1.77. The minimum Gasteiger partial charge on any atom is -0.380 e. The summed E-state index contributed by atoms with van der Waals surface area (Å²) in [6, 6.07) is 0.282. The van der Waals surface area contributed by atoms with Crippen molar-refractivity contribution in [2.24, 2.45) is 13.0 Å². The van der Waals surface area contributed by atoms with Crippen LogP contribution >= 0.6 is 0 Å². The number of ether oxygens (including phenoxy) is 1. The Labute approximate surface area is 97.0 Å². The van der Waals surface area contributed by atoms with Gasteiger partial charge in [-0.3, -0.25) is 0 Å². The highest BCUT2D eigenvalue weighted by Crippen LogP contribution is 2.28. The second-order valence-electron chi connectivity index (χ2n) is 4.59. The van der Waals surface area contributed by atoms with Gasteiger partial charge in [0.05, 0.1) is 12.6 Å². The number of nitrogens with one attached hydrogen (secondary N) is 1. The van der Waals surface area contributed by atoms with Crippen molar-refractivity contribution >= 4 is 0 Å². The summed E-state index contributed by atoms with van der Waals surface area (Å²) in [6.07, 6.45) is 6.52. The summed E-state index contributed by atoms with van der Waals surface area (Å²) in [5.41, 5.74) is 0. The Morgan fingerprint density at radius 1 is 1.62 bits per heavy atom. The lowest BCUT2D eigenvalue weighted by molar-refractivity contribution is 0.124. The highest BCUT2D eigenvalue weighted by atomic mass is 16.5. The largest absolute Gasteiger partial charge is 0.380 e. The summed E-state index contributed by atoms with van der Waals surface area (Å²) >= 11 is 0. The average molecular weight is 223 g/mol. The molecule has 1 aliphatic carbocycles. The average Bonchev–Trinajstić information content (AvgIpc) is 2.99. The van der Waals surface area contributed by atoms with Gasteiger partial charge >= 0.3 is 0 Å². The Balaban J connectivity index is 1.59. The number of hydrogen-bond acceptors (Lipinski definition) is 3. The lowest BCUT2D eigenvalue weighted by atomic mass is 10.3. The van der Waals surface area contributed by atoms with Gasteiger partial charge in [-0.05, 0) is 25.7 Å². The Kier molecular flexibility index (Phi) is 3.96. The SMILES string of the molecule is CC(NCCOCC1CC1)c1nccn1C.